The zero-order valence-electron chi connectivity index (χ0n) is 10.9. The van der Waals surface area contributed by atoms with Gasteiger partial charge in [0.05, 0.1) is 19.4 Å². The van der Waals surface area contributed by atoms with E-state index in [2.05, 4.69) is 22.6 Å². The number of thiazole rings is 1. The Hall–Kier alpha value is -0.130. The lowest BCUT2D eigenvalue weighted by molar-refractivity contribution is 0.526. The fraction of sp³-hybridized carbons (Fsp3) is 0.462. The fourth-order valence-electron chi connectivity index (χ4n) is 1.91. The van der Waals surface area contributed by atoms with Gasteiger partial charge in [0.2, 0.25) is 0 Å². The maximum atomic E-state index is 6.27. The van der Waals surface area contributed by atoms with E-state index in [4.69, 9.17) is 23.2 Å². The lowest BCUT2D eigenvalue weighted by atomic mass is 10.1. The van der Waals surface area contributed by atoms with E-state index in [0.717, 1.165) is 44.3 Å². The first-order valence-corrected chi connectivity index (χ1v) is 8.64. The Balaban J connectivity index is 2.18. The second-order valence-electron chi connectivity index (χ2n) is 4.35. The van der Waals surface area contributed by atoms with Crippen molar-refractivity contribution in [3.05, 3.63) is 36.4 Å². The minimum atomic E-state index is 0.178. The van der Waals surface area contributed by atoms with Crippen molar-refractivity contribution >= 4 is 45.9 Å². The number of hydrogen-bond donors (Lipinski definition) is 1. The average molecular weight is 335 g/mol. The molecular formula is C13H16Cl2N2S2. The van der Waals surface area contributed by atoms with Gasteiger partial charge in [-0.3, -0.25) is 0 Å². The predicted octanol–water partition coefficient (Wildman–Crippen LogP) is 5.10. The van der Waals surface area contributed by atoms with Crippen LogP contribution < -0.4 is 5.32 Å². The molecular weight excluding hydrogens is 319 g/mol. The van der Waals surface area contributed by atoms with E-state index in [1.54, 1.807) is 11.3 Å². The Kier molecular flexibility index (Phi) is 5.66. The molecule has 0 amide bonds. The van der Waals surface area contributed by atoms with E-state index >= 15 is 0 Å². The molecule has 0 radical (unpaired) electrons. The van der Waals surface area contributed by atoms with Crippen LogP contribution >= 0.6 is 45.9 Å². The standard InChI is InChI=1S/C13H16Cl2N2S2/c1-3-4-16-11(5-9-7-18-8(2)17-9)10-6-12(14)19-13(10)15/h6-7,11,16H,3-5H2,1-2H3. The van der Waals surface area contributed by atoms with E-state index < -0.39 is 0 Å². The number of hydrogen-bond acceptors (Lipinski definition) is 4. The number of halogens is 2. The van der Waals surface area contributed by atoms with Gasteiger partial charge in [0, 0.05) is 23.4 Å². The number of rotatable bonds is 6. The maximum absolute atomic E-state index is 6.27. The van der Waals surface area contributed by atoms with Crippen LogP contribution in [0.4, 0.5) is 0 Å². The highest BCUT2D eigenvalue weighted by Crippen LogP contribution is 2.36. The largest absolute Gasteiger partial charge is 0.310 e. The molecule has 0 saturated carbocycles. The molecule has 2 aromatic heterocycles. The molecule has 104 valence electrons. The maximum Gasteiger partial charge on any atom is 0.0992 e. The zero-order valence-corrected chi connectivity index (χ0v) is 14.0. The molecule has 0 spiro atoms. The fourth-order valence-corrected chi connectivity index (χ4v) is 4.12. The number of nitrogens with one attached hydrogen (secondary N) is 1. The van der Waals surface area contributed by atoms with Crippen LogP contribution in [0.2, 0.25) is 8.67 Å². The minimum absolute atomic E-state index is 0.178. The first kappa shape index (κ1) is 15.3. The van der Waals surface area contributed by atoms with Crippen LogP contribution in [0.5, 0.6) is 0 Å². The van der Waals surface area contributed by atoms with Crippen LogP contribution in [0.1, 0.15) is 35.7 Å². The van der Waals surface area contributed by atoms with Gasteiger partial charge in [-0.1, -0.05) is 30.1 Å². The van der Waals surface area contributed by atoms with Gasteiger partial charge in [0.1, 0.15) is 0 Å². The predicted molar refractivity (Wildman–Crippen MR) is 85.9 cm³/mol. The molecule has 0 fully saturated rings. The number of aryl methyl sites for hydroxylation is 1. The molecule has 2 rings (SSSR count). The Morgan fingerprint density at radius 3 is 2.74 bits per heavy atom. The van der Waals surface area contributed by atoms with Crippen LogP contribution in [0.15, 0.2) is 11.4 Å². The van der Waals surface area contributed by atoms with Gasteiger partial charge in [-0.05, 0) is 26.0 Å². The van der Waals surface area contributed by atoms with Crippen molar-refractivity contribution in [3.8, 4) is 0 Å². The summed E-state index contributed by atoms with van der Waals surface area (Å²) in [5.41, 5.74) is 2.19. The van der Waals surface area contributed by atoms with Crippen molar-refractivity contribution < 1.29 is 0 Å². The quantitative estimate of drug-likeness (QED) is 0.794. The highest BCUT2D eigenvalue weighted by Gasteiger charge is 2.18. The molecule has 0 aliphatic rings. The summed E-state index contributed by atoms with van der Waals surface area (Å²) in [6, 6.07) is 2.14. The van der Waals surface area contributed by atoms with Crippen LogP contribution in [0.25, 0.3) is 0 Å². The van der Waals surface area contributed by atoms with Crippen molar-refractivity contribution in [1.82, 2.24) is 10.3 Å². The first-order chi connectivity index (χ1) is 9.10. The van der Waals surface area contributed by atoms with Gasteiger partial charge >= 0.3 is 0 Å². The molecule has 1 atom stereocenters. The Labute approximate surface area is 131 Å². The summed E-state index contributed by atoms with van der Waals surface area (Å²) < 4.78 is 1.50. The second kappa shape index (κ2) is 7.04. The molecule has 2 nitrogen and oxygen atoms in total. The smallest absolute Gasteiger partial charge is 0.0992 e. The summed E-state index contributed by atoms with van der Waals surface area (Å²) in [6.45, 7) is 5.13. The van der Waals surface area contributed by atoms with Crippen molar-refractivity contribution in [3.63, 3.8) is 0 Å². The molecule has 2 heterocycles. The summed E-state index contributed by atoms with van der Waals surface area (Å²) in [6.07, 6.45) is 1.93. The van der Waals surface area contributed by atoms with E-state index in [1.807, 2.05) is 13.0 Å². The van der Waals surface area contributed by atoms with Crippen LogP contribution in [-0.2, 0) is 6.42 Å². The van der Waals surface area contributed by atoms with Gasteiger partial charge in [-0.25, -0.2) is 4.98 Å². The Morgan fingerprint density at radius 1 is 1.42 bits per heavy atom. The van der Waals surface area contributed by atoms with Gasteiger partial charge in [-0.2, -0.15) is 0 Å². The van der Waals surface area contributed by atoms with Crippen molar-refractivity contribution in [2.45, 2.75) is 32.7 Å². The molecule has 0 aliphatic carbocycles. The Morgan fingerprint density at radius 2 is 2.21 bits per heavy atom. The topological polar surface area (TPSA) is 24.9 Å². The zero-order chi connectivity index (χ0) is 13.8. The molecule has 0 aliphatic heterocycles. The molecule has 2 aromatic rings. The first-order valence-electron chi connectivity index (χ1n) is 6.19. The molecule has 6 heteroatoms. The summed E-state index contributed by atoms with van der Waals surface area (Å²) in [4.78, 5) is 4.53. The molecule has 0 bridgehead atoms. The van der Waals surface area contributed by atoms with E-state index in [-0.39, 0.29) is 6.04 Å². The highest BCUT2D eigenvalue weighted by atomic mass is 35.5. The molecule has 1 N–H and O–H groups in total. The molecule has 19 heavy (non-hydrogen) atoms. The summed E-state index contributed by atoms with van der Waals surface area (Å²) >= 11 is 15.4. The van der Waals surface area contributed by atoms with E-state index in [0.29, 0.717) is 0 Å². The third-order valence-electron chi connectivity index (χ3n) is 2.78. The second-order valence-corrected chi connectivity index (χ2v) is 7.70. The highest BCUT2D eigenvalue weighted by molar-refractivity contribution is 7.20. The third-order valence-corrected chi connectivity index (χ3v) is 5.12. The Bertz CT molecular complexity index is 536. The van der Waals surface area contributed by atoms with Gasteiger partial charge < -0.3 is 5.32 Å². The SMILES string of the molecule is CCCNC(Cc1csc(C)n1)c1cc(Cl)sc1Cl. The average Bonchev–Trinajstić information content (AvgIpc) is 2.91. The monoisotopic (exact) mass is 334 g/mol. The molecule has 0 saturated heterocycles. The summed E-state index contributed by atoms with van der Waals surface area (Å²) in [5.74, 6) is 0. The number of aromatic nitrogens is 1. The number of thiophene rings is 1. The third kappa shape index (κ3) is 4.17. The van der Waals surface area contributed by atoms with Crippen LogP contribution in [-0.4, -0.2) is 11.5 Å². The van der Waals surface area contributed by atoms with Crippen molar-refractivity contribution in [2.24, 2.45) is 0 Å². The summed E-state index contributed by atoms with van der Waals surface area (Å²) in [7, 11) is 0. The van der Waals surface area contributed by atoms with Gasteiger partial charge in [0.15, 0.2) is 0 Å². The normalized spacial score (nSPS) is 12.8. The molecule has 1 unspecified atom stereocenters. The van der Waals surface area contributed by atoms with Gasteiger partial charge in [0.25, 0.3) is 0 Å². The molecule has 0 aromatic carbocycles. The minimum Gasteiger partial charge on any atom is -0.310 e. The lowest BCUT2D eigenvalue weighted by Crippen LogP contribution is -2.24. The van der Waals surface area contributed by atoms with E-state index in [9.17, 15) is 0 Å². The van der Waals surface area contributed by atoms with Crippen LogP contribution in [0, 0.1) is 6.92 Å². The van der Waals surface area contributed by atoms with E-state index in [1.165, 1.54) is 11.3 Å². The number of nitrogens with zero attached hydrogens (tertiary/aromatic N) is 1. The summed E-state index contributed by atoms with van der Waals surface area (Å²) in [5, 5.41) is 6.73. The van der Waals surface area contributed by atoms with Crippen molar-refractivity contribution in [2.75, 3.05) is 6.54 Å². The van der Waals surface area contributed by atoms with Crippen LogP contribution in [0.3, 0.4) is 0 Å². The van der Waals surface area contributed by atoms with Gasteiger partial charge in [-0.15, -0.1) is 22.7 Å². The van der Waals surface area contributed by atoms with Crippen molar-refractivity contribution in [1.29, 1.82) is 0 Å². The lowest BCUT2D eigenvalue weighted by Gasteiger charge is -2.17.